The highest BCUT2D eigenvalue weighted by Crippen LogP contribution is 2.37. The first-order chi connectivity index (χ1) is 15.1. The molecule has 0 saturated carbocycles. The van der Waals surface area contributed by atoms with Gasteiger partial charge in [0.25, 0.3) is 11.6 Å². The molecule has 5 rings (SSSR count). The van der Waals surface area contributed by atoms with Gasteiger partial charge in [0, 0.05) is 30.2 Å². The van der Waals surface area contributed by atoms with Gasteiger partial charge in [0.2, 0.25) is 0 Å². The van der Waals surface area contributed by atoms with E-state index < -0.39 is 0 Å². The molecular weight excluding hydrogens is 390 g/mol. The van der Waals surface area contributed by atoms with Crippen LogP contribution in [0.25, 0.3) is 10.9 Å². The lowest BCUT2D eigenvalue weighted by molar-refractivity contribution is -0.383. The Hall–Kier alpha value is -3.93. The van der Waals surface area contributed by atoms with Gasteiger partial charge < -0.3 is 9.47 Å². The number of nitro benzene ring substituents is 1. The molecule has 0 radical (unpaired) electrons. The van der Waals surface area contributed by atoms with Gasteiger partial charge in [0.15, 0.2) is 0 Å². The Morgan fingerprint density at radius 2 is 1.61 bits per heavy atom. The molecule has 2 heterocycles. The Balaban J connectivity index is 1.67. The minimum Gasteiger partial charge on any atom is -0.330 e. The zero-order valence-corrected chi connectivity index (χ0v) is 16.9. The van der Waals surface area contributed by atoms with E-state index in [2.05, 4.69) is 0 Å². The molecule has 1 aliphatic rings. The third kappa shape index (κ3) is 3.26. The van der Waals surface area contributed by atoms with Gasteiger partial charge >= 0.3 is 0 Å². The standard InChI is InChI=1S/C25H21N3O3/c29-25-24-21(15-17-26(25)19-10-5-2-6-11-19)20-12-7-13-22(28(30)31)23(20)27(24)16-14-18-8-3-1-4-9-18/h1-13H,14-17H2. The number of rotatable bonds is 5. The molecule has 4 aromatic rings. The van der Waals surface area contributed by atoms with Crippen LogP contribution in [0, 0.1) is 10.1 Å². The number of benzene rings is 3. The maximum Gasteiger partial charge on any atom is 0.293 e. The number of nitro groups is 1. The SMILES string of the molecule is O=C1c2c(c3cccc([N+](=O)[O-])c3n2CCc2ccccc2)CCN1c1ccccc1. The molecule has 0 N–H and O–H groups in total. The summed E-state index contributed by atoms with van der Waals surface area (Å²) in [5, 5.41) is 12.6. The summed E-state index contributed by atoms with van der Waals surface area (Å²) >= 11 is 0. The minimum absolute atomic E-state index is 0.0408. The Kier molecular flexibility index (Phi) is 4.75. The molecule has 0 atom stereocenters. The fraction of sp³-hybridized carbons (Fsp3) is 0.160. The van der Waals surface area contributed by atoms with Crippen LogP contribution in [0.5, 0.6) is 0 Å². The number of carbonyl (C=O) groups excluding carboxylic acids is 1. The van der Waals surface area contributed by atoms with Gasteiger partial charge in [-0.3, -0.25) is 14.9 Å². The first-order valence-electron chi connectivity index (χ1n) is 10.3. The predicted molar refractivity (Wildman–Crippen MR) is 121 cm³/mol. The maximum atomic E-state index is 13.6. The fourth-order valence-electron chi connectivity index (χ4n) is 4.52. The van der Waals surface area contributed by atoms with Crippen molar-refractivity contribution in [3.63, 3.8) is 0 Å². The van der Waals surface area contributed by atoms with Crippen molar-refractivity contribution in [1.82, 2.24) is 4.57 Å². The van der Waals surface area contributed by atoms with E-state index in [4.69, 9.17) is 0 Å². The first kappa shape index (κ1) is 19.1. The van der Waals surface area contributed by atoms with E-state index in [1.54, 1.807) is 11.0 Å². The number of aromatic nitrogens is 1. The van der Waals surface area contributed by atoms with E-state index in [1.165, 1.54) is 6.07 Å². The Bertz CT molecular complexity index is 1280. The van der Waals surface area contributed by atoms with Crippen LogP contribution < -0.4 is 4.90 Å². The molecule has 1 amide bonds. The highest BCUT2D eigenvalue weighted by atomic mass is 16.6. The largest absolute Gasteiger partial charge is 0.330 e. The topological polar surface area (TPSA) is 68.4 Å². The summed E-state index contributed by atoms with van der Waals surface area (Å²) in [5.41, 5.74) is 4.02. The normalized spacial score (nSPS) is 13.4. The van der Waals surface area contributed by atoms with E-state index >= 15 is 0 Å². The molecule has 6 nitrogen and oxygen atoms in total. The average molecular weight is 411 g/mol. The number of hydrogen-bond acceptors (Lipinski definition) is 3. The van der Waals surface area contributed by atoms with E-state index in [1.807, 2.05) is 71.3 Å². The summed E-state index contributed by atoms with van der Waals surface area (Å²) in [7, 11) is 0. The molecule has 0 saturated heterocycles. The quantitative estimate of drug-likeness (QED) is 0.343. The van der Waals surface area contributed by atoms with Gasteiger partial charge in [-0.05, 0) is 36.1 Å². The summed E-state index contributed by atoms with van der Waals surface area (Å²) in [4.78, 5) is 26.9. The molecule has 3 aromatic carbocycles. The zero-order chi connectivity index (χ0) is 21.4. The van der Waals surface area contributed by atoms with Crippen LogP contribution in [0.3, 0.4) is 0 Å². The Labute approximate surface area is 179 Å². The lowest BCUT2D eigenvalue weighted by atomic mass is 10.0. The smallest absolute Gasteiger partial charge is 0.293 e. The van der Waals surface area contributed by atoms with Crippen molar-refractivity contribution in [3.05, 3.63) is 106 Å². The number of hydrogen-bond donors (Lipinski definition) is 0. The molecule has 31 heavy (non-hydrogen) atoms. The van der Waals surface area contributed by atoms with Crippen LogP contribution in [-0.4, -0.2) is 21.9 Å². The van der Waals surface area contributed by atoms with Crippen LogP contribution in [0.15, 0.2) is 78.9 Å². The van der Waals surface area contributed by atoms with Crippen molar-refractivity contribution >= 4 is 28.2 Å². The van der Waals surface area contributed by atoms with E-state index in [0.29, 0.717) is 37.1 Å². The second-order valence-corrected chi connectivity index (χ2v) is 7.69. The van der Waals surface area contributed by atoms with E-state index in [9.17, 15) is 14.9 Å². The van der Waals surface area contributed by atoms with Crippen molar-refractivity contribution in [2.75, 3.05) is 11.4 Å². The summed E-state index contributed by atoms with van der Waals surface area (Å²) in [6, 6.07) is 24.7. The second kappa shape index (κ2) is 7.72. The molecule has 0 unspecified atom stereocenters. The van der Waals surface area contributed by atoms with Crippen molar-refractivity contribution in [1.29, 1.82) is 0 Å². The van der Waals surface area contributed by atoms with Gasteiger partial charge in [-0.2, -0.15) is 0 Å². The molecule has 0 fully saturated rings. The summed E-state index contributed by atoms with van der Waals surface area (Å²) < 4.78 is 1.87. The zero-order valence-electron chi connectivity index (χ0n) is 16.9. The monoisotopic (exact) mass is 411 g/mol. The molecule has 1 aliphatic heterocycles. The lowest BCUT2D eigenvalue weighted by Gasteiger charge is -2.28. The number of non-ortho nitro benzene ring substituents is 1. The molecule has 0 spiro atoms. The third-order valence-electron chi connectivity index (χ3n) is 5.93. The van der Waals surface area contributed by atoms with Crippen LogP contribution in [0.4, 0.5) is 11.4 Å². The Morgan fingerprint density at radius 3 is 2.32 bits per heavy atom. The van der Waals surface area contributed by atoms with Crippen LogP contribution >= 0.6 is 0 Å². The number of nitrogens with zero attached hydrogens (tertiary/aromatic N) is 3. The third-order valence-corrected chi connectivity index (χ3v) is 5.93. The van der Waals surface area contributed by atoms with Crippen molar-refractivity contribution < 1.29 is 9.72 Å². The van der Waals surface area contributed by atoms with Gasteiger partial charge in [-0.15, -0.1) is 0 Å². The Morgan fingerprint density at radius 1 is 0.903 bits per heavy atom. The van der Waals surface area contributed by atoms with Gasteiger partial charge in [0.05, 0.1) is 4.92 Å². The van der Waals surface area contributed by atoms with Crippen LogP contribution in [0.2, 0.25) is 0 Å². The molecular formula is C25H21N3O3. The summed E-state index contributed by atoms with van der Waals surface area (Å²) in [6.07, 6.45) is 1.34. The molecule has 0 bridgehead atoms. The number of anilines is 1. The average Bonchev–Trinajstić information content (AvgIpc) is 3.13. The predicted octanol–water partition coefficient (Wildman–Crippen LogP) is 5.00. The summed E-state index contributed by atoms with van der Waals surface area (Å²) in [5.74, 6) is -0.106. The van der Waals surface area contributed by atoms with Crippen molar-refractivity contribution in [3.8, 4) is 0 Å². The molecule has 6 heteroatoms. The highest BCUT2D eigenvalue weighted by Gasteiger charge is 2.33. The number of carbonyl (C=O) groups is 1. The highest BCUT2D eigenvalue weighted by molar-refractivity contribution is 6.12. The minimum atomic E-state index is -0.355. The van der Waals surface area contributed by atoms with Gasteiger partial charge in [-0.25, -0.2) is 0 Å². The molecule has 1 aromatic heterocycles. The maximum absolute atomic E-state index is 13.6. The van der Waals surface area contributed by atoms with Gasteiger partial charge in [-0.1, -0.05) is 60.7 Å². The van der Waals surface area contributed by atoms with E-state index in [0.717, 1.165) is 22.2 Å². The molecule has 0 aliphatic carbocycles. The number of amides is 1. The van der Waals surface area contributed by atoms with Gasteiger partial charge in [0.1, 0.15) is 11.2 Å². The van der Waals surface area contributed by atoms with E-state index in [-0.39, 0.29) is 16.5 Å². The fourth-order valence-corrected chi connectivity index (χ4v) is 4.52. The van der Waals surface area contributed by atoms with Crippen molar-refractivity contribution in [2.45, 2.75) is 19.4 Å². The number of para-hydroxylation sites is 2. The van der Waals surface area contributed by atoms with Crippen LogP contribution in [-0.2, 0) is 19.4 Å². The first-order valence-corrected chi connectivity index (χ1v) is 10.3. The van der Waals surface area contributed by atoms with Crippen LogP contribution in [0.1, 0.15) is 21.6 Å². The lowest BCUT2D eigenvalue weighted by Crippen LogP contribution is -2.38. The summed E-state index contributed by atoms with van der Waals surface area (Å²) in [6.45, 7) is 1.05. The number of aryl methyl sites for hydroxylation is 2. The van der Waals surface area contributed by atoms with Crippen molar-refractivity contribution in [2.24, 2.45) is 0 Å². The molecule has 154 valence electrons. The number of fused-ring (bicyclic) bond motifs is 3. The second-order valence-electron chi connectivity index (χ2n) is 7.69.